The Hall–Kier alpha value is -0.860. The van der Waals surface area contributed by atoms with Gasteiger partial charge in [0.05, 0.1) is 0 Å². The zero-order chi connectivity index (χ0) is 20.1. The normalized spacial score (nSPS) is 11.4. The Balaban J connectivity index is 1.75. The molecular weight excluding hydrogens is 342 g/mol. The third kappa shape index (κ3) is 16.1. The maximum atomic E-state index is 9.95. The Morgan fingerprint density at radius 2 is 1.00 bits per heavy atom. The van der Waals surface area contributed by atoms with Crippen molar-refractivity contribution in [2.24, 2.45) is 0 Å². The van der Waals surface area contributed by atoms with Gasteiger partial charge in [-0.15, -0.1) is 0 Å². The average molecular weight is 390 g/mol. The van der Waals surface area contributed by atoms with E-state index in [-0.39, 0.29) is 0 Å². The summed E-state index contributed by atoms with van der Waals surface area (Å²) in [6.45, 7) is 3.98. The van der Waals surface area contributed by atoms with Crippen LogP contribution in [0.3, 0.4) is 0 Å². The molecule has 0 unspecified atom stereocenters. The summed E-state index contributed by atoms with van der Waals surface area (Å²) in [6.07, 6.45) is 22.4. The van der Waals surface area contributed by atoms with Crippen LogP contribution in [0.5, 0.6) is 0 Å². The molecule has 1 N–H and O–H groups in total. The highest BCUT2D eigenvalue weighted by Gasteiger charge is 2.00. The van der Waals surface area contributed by atoms with Gasteiger partial charge in [0.15, 0.2) is 0 Å². The van der Waals surface area contributed by atoms with E-state index >= 15 is 0 Å². The lowest BCUT2D eigenvalue weighted by atomic mass is 10.0. The van der Waals surface area contributed by atoms with Gasteiger partial charge in [0.25, 0.3) is 0 Å². The molecule has 28 heavy (non-hydrogen) atoms. The first-order chi connectivity index (χ1) is 13.8. The van der Waals surface area contributed by atoms with E-state index in [4.69, 9.17) is 0 Å². The maximum Gasteiger partial charge on any atom is 0.0238 e. The van der Waals surface area contributed by atoms with Gasteiger partial charge in [-0.05, 0) is 31.2 Å². The van der Waals surface area contributed by atoms with Crippen molar-refractivity contribution < 1.29 is 5.21 Å². The van der Waals surface area contributed by atoms with Crippen molar-refractivity contribution in [3.63, 3.8) is 0 Å². The van der Waals surface area contributed by atoms with Crippen molar-refractivity contribution in [2.45, 2.75) is 116 Å². The first kappa shape index (κ1) is 25.2. The van der Waals surface area contributed by atoms with Crippen molar-refractivity contribution in [1.29, 1.82) is 0 Å². The summed E-state index contributed by atoms with van der Waals surface area (Å²) in [5.41, 5.74) is 1.48. The predicted molar refractivity (Wildman–Crippen MR) is 123 cm³/mol. The Morgan fingerprint density at radius 1 is 0.571 bits per heavy atom. The lowest BCUT2D eigenvalue weighted by Gasteiger charge is -2.14. The number of hydrogen-bond acceptors (Lipinski definition) is 2. The van der Waals surface area contributed by atoms with Gasteiger partial charge in [-0.25, -0.2) is 0 Å². The van der Waals surface area contributed by atoms with E-state index in [0.29, 0.717) is 0 Å². The second kappa shape index (κ2) is 19.5. The zero-order valence-electron chi connectivity index (χ0n) is 18.7. The number of unbranched alkanes of at least 4 members (excludes halogenated alkanes) is 14. The van der Waals surface area contributed by atoms with Crippen LogP contribution in [0.15, 0.2) is 30.3 Å². The van der Waals surface area contributed by atoms with E-state index in [0.717, 1.165) is 25.9 Å². The summed E-state index contributed by atoms with van der Waals surface area (Å²) in [7, 11) is 0. The molecule has 162 valence electrons. The number of rotatable bonds is 20. The molecule has 0 fully saturated rings. The molecule has 0 amide bonds. The van der Waals surface area contributed by atoms with Crippen LogP contribution >= 0.6 is 0 Å². The molecule has 0 bridgehead atoms. The molecule has 2 nitrogen and oxygen atoms in total. The lowest BCUT2D eigenvalue weighted by molar-refractivity contribution is -0.0925. The van der Waals surface area contributed by atoms with Gasteiger partial charge in [0, 0.05) is 13.1 Å². The predicted octanol–water partition coefficient (Wildman–Crippen LogP) is 8.18. The van der Waals surface area contributed by atoms with Crippen LogP contribution in [0.4, 0.5) is 0 Å². The van der Waals surface area contributed by atoms with Crippen molar-refractivity contribution >= 4 is 0 Å². The van der Waals surface area contributed by atoms with Gasteiger partial charge in [-0.3, -0.25) is 0 Å². The zero-order valence-corrected chi connectivity index (χ0v) is 18.7. The Kier molecular flexibility index (Phi) is 17.5. The summed E-state index contributed by atoms with van der Waals surface area (Å²) in [5, 5.41) is 11.5. The van der Waals surface area contributed by atoms with Gasteiger partial charge >= 0.3 is 0 Å². The van der Waals surface area contributed by atoms with Crippen molar-refractivity contribution in [3.8, 4) is 0 Å². The van der Waals surface area contributed by atoms with E-state index in [2.05, 4.69) is 37.3 Å². The fraction of sp³-hybridized carbons (Fsp3) is 0.769. The van der Waals surface area contributed by atoms with Crippen LogP contribution < -0.4 is 0 Å². The molecule has 1 aromatic rings. The summed E-state index contributed by atoms with van der Waals surface area (Å²) >= 11 is 0. The van der Waals surface area contributed by atoms with Gasteiger partial charge in [-0.2, -0.15) is 5.06 Å². The monoisotopic (exact) mass is 389 g/mol. The van der Waals surface area contributed by atoms with Crippen molar-refractivity contribution in [1.82, 2.24) is 5.06 Å². The summed E-state index contributed by atoms with van der Waals surface area (Å²) in [4.78, 5) is 0. The second-order valence-corrected chi connectivity index (χ2v) is 8.49. The summed E-state index contributed by atoms with van der Waals surface area (Å²) in [5.74, 6) is 0. The van der Waals surface area contributed by atoms with Crippen LogP contribution in [0.25, 0.3) is 0 Å². The summed E-state index contributed by atoms with van der Waals surface area (Å²) in [6, 6.07) is 10.8. The summed E-state index contributed by atoms with van der Waals surface area (Å²) < 4.78 is 0. The first-order valence-electron chi connectivity index (χ1n) is 12.3. The van der Waals surface area contributed by atoms with Crippen molar-refractivity contribution in [2.75, 3.05) is 13.1 Å². The lowest BCUT2D eigenvalue weighted by Crippen LogP contribution is -2.21. The SMILES string of the molecule is CCCCCCCCCCN(O)CCCCCCCCCCc1ccccc1. The van der Waals surface area contributed by atoms with Crippen molar-refractivity contribution in [3.05, 3.63) is 35.9 Å². The molecule has 0 saturated heterocycles. The van der Waals surface area contributed by atoms with Gasteiger partial charge in [-0.1, -0.05) is 121 Å². The molecule has 1 rings (SSSR count). The number of benzene rings is 1. The molecule has 0 spiro atoms. The highest BCUT2D eigenvalue weighted by atomic mass is 16.5. The van der Waals surface area contributed by atoms with Crippen LogP contribution in [0, 0.1) is 0 Å². The first-order valence-corrected chi connectivity index (χ1v) is 12.3. The third-order valence-electron chi connectivity index (χ3n) is 5.74. The second-order valence-electron chi connectivity index (χ2n) is 8.49. The van der Waals surface area contributed by atoms with Crippen LogP contribution in [-0.4, -0.2) is 23.4 Å². The van der Waals surface area contributed by atoms with Gasteiger partial charge < -0.3 is 5.21 Å². The van der Waals surface area contributed by atoms with E-state index in [1.54, 1.807) is 5.06 Å². The minimum absolute atomic E-state index is 0.855. The topological polar surface area (TPSA) is 23.5 Å². The number of hydroxylamine groups is 2. The number of hydrogen-bond donors (Lipinski definition) is 1. The molecule has 0 radical (unpaired) electrons. The molecule has 0 aliphatic heterocycles. The van der Waals surface area contributed by atoms with E-state index in [9.17, 15) is 5.21 Å². The van der Waals surface area contributed by atoms with Crippen LogP contribution in [0.2, 0.25) is 0 Å². The number of nitrogens with zero attached hydrogens (tertiary/aromatic N) is 1. The molecule has 0 aliphatic carbocycles. The highest BCUT2D eigenvalue weighted by molar-refractivity contribution is 5.14. The minimum atomic E-state index is 0.855. The Morgan fingerprint density at radius 3 is 1.50 bits per heavy atom. The quantitative estimate of drug-likeness (QED) is 0.179. The fourth-order valence-corrected chi connectivity index (χ4v) is 3.87. The fourth-order valence-electron chi connectivity index (χ4n) is 3.87. The third-order valence-corrected chi connectivity index (χ3v) is 5.74. The minimum Gasteiger partial charge on any atom is -0.314 e. The molecule has 0 heterocycles. The molecule has 0 aliphatic rings. The largest absolute Gasteiger partial charge is 0.314 e. The Labute approximate surface area is 175 Å². The van der Waals surface area contributed by atoms with E-state index in [1.165, 1.54) is 102 Å². The van der Waals surface area contributed by atoms with Gasteiger partial charge in [0.2, 0.25) is 0 Å². The Bertz CT molecular complexity index is 420. The molecule has 0 aromatic heterocycles. The van der Waals surface area contributed by atoms with Gasteiger partial charge in [0.1, 0.15) is 0 Å². The van der Waals surface area contributed by atoms with E-state index in [1.807, 2.05) is 0 Å². The highest BCUT2D eigenvalue weighted by Crippen LogP contribution is 2.12. The maximum absolute atomic E-state index is 9.95. The van der Waals surface area contributed by atoms with E-state index < -0.39 is 0 Å². The number of aryl methyl sites for hydroxylation is 1. The molecule has 1 aromatic carbocycles. The smallest absolute Gasteiger partial charge is 0.0238 e. The van der Waals surface area contributed by atoms with Crippen LogP contribution in [-0.2, 0) is 6.42 Å². The van der Waals surface area contributed by atoms with Crippen LogP contribution in [0.1, 0.15) is 115 Å². The standard InChI is InChI=1S/C26H47NO/c1-2-3-4-5-6-10-13-19-24-27(28)25-20-14-11-8-7-9-12-16-21-26-22-17-15-18-23-26/h15,17-18,22-23,28H,2-14,16,19-21,24-25H2,1H3. The molecule has 0 saturated carbocycles. The molecule has 0 atom stereocenters. The average Bonchev–Trinajstić information content (AvgIpc) is 2.72. The molecule has 2 heteroatoms. The molecular formula is C26H47NO.